The predicted molar refractivity (Wildman–Crippen MR) is 176 cm³/mol. The van der Waals surface area contributed by atoms with Gasteiger partial charge in [-0.2, -0.15) is 0 Å². The summed E-state index contributed by atoms with van der Waals surface area (Å²) in [6.07, 6.45) is 3.59. The van der Waals surface area contributed by atoms with Crippen LogP contribution in [0.4, 0.5) is 18.4 Å². The molecule has 52 heavy (non-hydrogen) atoms. The van der Waals surface area contributed by atoms with Crippen molar-refractivity contribution in [2.45, 2.75) is 37.3 Å². The zero-order valence-electron chi connectivity index (χ0n) is 27.0. The molecule has 6 amide bonds. The Hall–Kier alpha value is -5.69. The predicted octanol–water partition coefficient (Wildman–Crippen LogP) is 2.06. The zero-order valence-corrected chi connectivity index (χ0v) is 27.7. The number of carbonyl (C=O) groups is 5. The van der Waals surface area contributed by atoms with E-state index in [-0.39, 0.29) is 37.0 Å². The average molecular weight is 743 g/mol. The lowest BCUT2D eigenvalue weighted by molar-refractivity contribution is -0.123. The first kappa shape index (κ1) is 36.1. The van der Waals surface area contributed by atoms with E-state index in [1.165, 1.54) is 17.2 Å². The number of likely N-dealkylation sites (tertiary alicyclic amines) is 1. The van der Waals surface area contributed by atoms with Gasteiger partial charge in [0, 0.05) is 50.2 Å². The maximum Gasteiger partial charge on any atom is 0.547 e. The van der Waals surface area contributed by atoms with Crippen molar-refractivity contribution < 1.29 is 57.8 Å². The number of fused-ring (bicyclic) bond motifs is 1. The first-order valence-electron chi connectivity index (χ1n) is 15.9. The van der Waals surface area contributed by atoms with Crippen molar-refractivity contribution in [3.8, 4) is 17.2 Å². The number of amides is 6. The van der Waals surface area contributed by atoms with Crippen LogP contribution in [0.3, 0.4) is 0 Å². The molecule has 16 nitrogen and oxygen atoms in total. The number of aromatic carboxylic acids is 1. The minimum absolute atomic E-state index is 0.106. The number of nitrogens with one attached hydrogen (secondary N) is 2. The summed E-state index contributed by atoms with van der Waals surface area (Å²) in [5.74, 6) is -9.69. The van der Waals surface area contributed by atoms with Crippen LogP contribution in [0.1, 0.15) is 50.7 Å². The van der Waals surface area contributed by atoms with E-state index in [4.69, 9.17) is 16.3 Å². The minimum atomic E-state index is -1.94. The van der Waals surface area contributed by atoms with Gasteiger partial charge in [-0.15, -0.1) is 0 Å². The molecule has 0 saturated carbocycles. The first-order chi connectivity index (χ1) is 24.8. The molecule has 2 fully saturated rings. The summed E-state index contributed by atoms with van der Waals surface area (Å²) in [5, 5.41) is 44.2. The summed E-state index contributed by atoms with van der Waals surface area (Å²) >= 11 is 6.19. The number of rotatable bonds is 7. The summed E-state index contributed by atoms with van der Waals surface area (Å²) in [5.41, 5.74) is -0.825. The molecule has 3 aliphatic rings. The number of nitrogens with zero attached hydrogens (tertiary/aromatic N) is 4. The number of phenolic OH excluding ortho intramolecular Hbond substituents is 2. The maximum absolute atomic E-state index is 14.6. The Morgan fingerprint density at radius 2 is 1.77 bits per heavy atom. The monoisotopic (exact) mass is 742 g/mol. The standard InChI is InChI=1S/C32H30BClF2N6O10/c34-23-18(13-20(36)25(43)26(23)44)24(28(45)38-21-12-15-3-4-19(35)22(30(47)48)27(15)52-33(21)51)39-31(49)42-11-10-41(32(42)50)17-5-8-40(9-6-17)29(46)16-2-1-7-37-14-16/h1-4,7,13-14,17,21,24,43-44,51H,5-6,8-12H2,(H,38,45)(H,39,49)(H,47,48)/t21-,24+/m0/s1. The molecule has 6 rings (SSSR count). The van der Waals surface area contributed by atoms with Crippen LogP contribution in [-0.4, -0.2) is 115 Å². The van der Waals surface area contributed by atoms with Crippen LogP contribution >= 0.6 is 11.6 Å². The zero-order chi connectivity index (χ0) is 37.4. The summed E-state index contributed by atoms with van der Waals surface area (Å²) in [6, 6.07) is 1.90. The topological polar surface area (TPSA) is 222 Å². The van der Waals surface area contributed by atoms with Gasteiger partial charge in [-0.25, -0.2) is 28.1 Å². The van der Waals surface area contributed by atoms with Crippen molar-refractivity contribution in [1.82, 2.24) is 30.3 Å². The van der Waals surface area contributed by atoms with Gasteiger partial charge in [-0.05, 0) is 49.1 Å². The Kier molecular flexibility index (Phi) is 10.1. The number of aromatic nitrogens is 1. The van der Waals surface area contributed by atoms with Crippen LogP contribution in [0.25, 0.3) is 0 Å². The van der Waals surface area contributed by atoms with E-state index in [2.05, 4.69) is 15.6 Å². The molecule has 4 heterocycles. The number of urea groups is 2. The van der Waals surface area contributed by atoms with Crippen LogP contribution in [0, 0.1) is 11.6 Å². The number of benzene rings is 2. The lowest BCUT2D eigenvalue weighted by Crippen LogP contribution is -2.56. The van der Waals surface area contributed by atoms with Gasteiger partial charge >= 0.3 is 25.1 Å². The smallest absolute Gasteiger partial charge is 0.534 e. The van der Waals surface area contributed by atoms with Gasteiger partial charge in [0.05, 0.1) is 16.5 Å². The van der Waals surface area contributed by atoms with Crippen molar-refractivity contribution in [2.24, 2.45) is 0 Å². The van der Waals surface area contributed by atoms with Gasteiger partial charge in [-0.3, -0.25) is 14.6 Å². The number of aromatic hydroxyl groups is 2. The van der Waals surface area contributed by atoms with E-state index >= 15 is 0 Å². The fourth-order valence-electron chi connectivity index (χ4n) is 6.48. The van der Waals surface area contributed by atoms with E-state index in [0.717, 1.165) is 11.0 Å². The molecule has 0 bridgehead atoms. The Labute approximate surface area is 298 Å². The molecule has 20 heteroatoms. The second kappa shape index (κ2) is 14.5. The third-order valence-electron chi connectivity index (χ3n) is 9.17. The molecule has 272 valence electrons. The third-order valence-corrected chi connectivity index (χ3v) is 9.57. The number of pyridine rings is 1. The van der Waals surface area contributed by atoms with E-state index in [1.54, 1.807) is 23.2 Å². The number of hydrogen-bond donors (Lipinski definition) is 6. The molecule has 2 aromatic carbocycles. The molecular formula is C32H30BClF2N6O10. The minimum Gasteiger partial charge on any atom is -0.534 e. The molecule has 3 aliphatic heterocycles. The molecule has 0 unspecified atom stereocenters. The van der Waals surface area contributed by atoms with Gasteiger partial charge in [0.25, 0.3) is 5.91 Å². The highest BCUT2D eigenvalue weighted by atomic mass is 35.5. The van der Waals surface area contributed by atoms with Crippen molar-refractivity contribution in [1.29, 1.82) is 0 Å². The van der Waals surface area contributed by atoms with Crippen LogP contribution in [-0.2, 0) is 11.2 Å². The summed E-state index contributed by atoms with van der Waals surface area (Å²) < 4.78 is 34.1. The number of carbonyl (C=O) groups excluding carboxylic acids is 4. The van der Waals surface area contributed by atoms with Crippen LogP contribution in [0.15, 0.2) is 42.7 Å². The highest BCUT2D eigenvalue weighted by Crippen LogP contribution is 2.41. The van der Waals surface area contributed by atoms with Crippen molar-refractivity contribution in [3.63, 3.8) is 0 Å². The number of hydrogen-bond acceptors (Lipinski definition) is 10. The largest absolute Gasteiger partial charge is 0.547 e. The van der Waals surface area contributed by atoms with E-state index in [1.807, 2.05) is 0 Å². The van der Waals surface area contributed by atoms with Crippen molar-refractivity contribution in [3.05, 3.63) is 81.6 Å². The van der Waals surface area contributed by atoms with Crippen LogP contribution < -0.4 is 15.3 Å². The molecule has 1 aromatic heterocycles. The second-order valence-corrected chi connectivity index (χ2v) is 12.7. The molecule has 0 aliphatic carbocycles. The number of piperidine rings is 1. The summed E-state index contributed by atoms with van der Waals surface area (Å²) in [7, 11) is -1.92. The second-order valence-electron chi connectivity index (χ2n) is 12.3. The molecule has 3 aromatic rings. The lowest BCUT2D eigenvalue weighted by atomic mass is 9.72. The Morgan fingerprint density at radius 1 is 1.04 bits per heavy atom. The SMILES string of the molecule is O=C(O)c1c(F)ccc2c1OB(O)[C@@H](NC(=O)[C@H](NC(=O)N1CCN(C3CCN(C(=O)c4cccnc4)CC3)C1=O)c1cc(F)c(O)c(O)c1Cl)C2. The van der Waals surface area contributed by atoms with Crippen molar-refractivity contribution in [2.75, 3.05) is 26.2 Å². The third kappa shape index (κ3) is 6.83. The van der Waals surface area contributed by atoms with Gasteiger partial charge in [0.1, 0.15) is 23.2 Å². The fourth-order valence-corrected chi connectivity index (χ4v) is 6.73. The number of imide groups is 1. The Morgan fingerprint density at radius 3 is 2.44 bits per heavy atom. The average Bonchev–Trinajstić information content (AvgIpc) is 3.52. The van der Waals surface area contributed by atoms with Crippen LogP contribution in [0.2, 0.25) is 5.02 Å². The highest BCUT2D eigenvalue weighted by Gasteiger charge is 2.43. The summed E-state index contributed by atoms with van der Waals surface area (Å²) in [6.45, 7) is 0.715. The number of carboxylic acid groups (broad SMARTS) is 1. The first-order valence-corrected chi connectivity index (χ1v) is 16.3. The van der Waals surface area contributed by atoms with E-state index in [9.17, 15) is 53.1 Å². The number of carboxylic acids is 1. The number of phenols is 2. The normalized spacial score (nSPS) is 18.1. The maximum atomic E-state index is 14.6. The molecule has 2 atom stereocenters. The summed E-state index contributed by atoms with van der Waals surface area (Å²) in [4.78, 5) is 73.2. The molecule has 0 spiro atoms. The Bertz CT molecular complexity index is 1950. The van der Waals surface area contributed by atoms with E-state index in [0.29, 0.717) is 37.6 Å². The van der Waals surface area contributed by atoms with Gasteiger partial charge in [0.2, 0.25) is 5.91 Å². The number of halogens is 3. The molecular weight excluding hydrogens is 713 g/mol. The fraction of sp³-hybridized carbons (Fsp3) is 0.312. The molecule has 0 radical (unpaired) electrons. The highest BCUT2D eigenvalue weighted by molar-refractivity contribution is 6.47. The van der Waals surface area contributed by atoms with E-state index < -0.39 is 88.1 Å². The quantitative estimate of drug-likeness (QED) is 0.152. The van der Waals surface area contributed by atoms with Gasteiger partial charge in [-0.1, -0.05) is 17.7 Å². The van der Waals surface area contributed by atoms with Crippen LogP contribution in [0.5, 0.6) is 17.2 Å². The Balaban J connectivity index is 1.18. The molecule has 6 N–H and O–H groups in total. The van der Waals surface area contributed by atoms with Crippen molar-refractivity contribution >= 4 is 48.6 Å². The lowest BCUT2D eigenvalue weighted by Gasteiger charge is -2.36. The van der Waals surface area contributed by atoms with Gasteiger partial charge < -0.3 is 45.4 Å². The van der Waals surface area contributed by atoms with Gasteiger partial charge in [0.15, 0.2) is 17.3 Å². The molecule has 2 saturated heterocycles.